The Kier molecular flexibility index (Phi) is 11.9. The maximum absolute atomic E-state index is 12.4. The Labute approximate surface area is 180 Å². The van der Waals surface area contributed by atoms with Crippen molar-refractivity contribution in [2.45, 2.75) is 50.7 Å². The van der Waals surface area contributed by atoms with Crippen LogP contribution in [0.4, 0.5) is 13.2 Å². The molecular weight excluding hydrogens is 417 g/mol. The Morgan fingerprint density at radius 2 is 1.74 bits per heavy atom. The number of amides is 1. The van der Waals surface area contributed by atoms with E-state index in [0.717, 1.165) is 25.0 Å². The summed E-state index contributed by atoms with van der Waals surface area (Å²) in [5, 5.41) is 10.2. The van der Waals surface area contributed by atoms with Gasteiger partial charge in [-0.1, -0.05) is 19.3 Å². The van der Waals surface area contributed by atoms with Crippen molar-refractivity contribution in [3.63, 3.8) is 0 Å². The zero-order valence-electron chi connectivity index (χ0n) is 17.6. The maximum Gasteiger partial charge on any atom is 0.490 e. The van der Waals surface area contributed by atoms with Gasteiger partial charge < -0.3 is 25.6 Å². The quantitative estimate of drug-likeness (QED) is 0.500. The van der Waals surface area contributed by atoms with E-state index < -0.39 is 12.1 Å². The first-order chi connectivity index (χ1) is 14.7. The van der Waals surface area contributed by atoms with Crippen LogP contribution in [-0.4, -0.2) is 56.1 Å². The van der Waals surface area contributed by atoms with E-state index >= 15 is 0 Å². The molecule has 1 fully saturated rings. The fourth-order valence-electron chi connectivity index (χ4n) is 3.25. The monoisotopic (exact) mass is 448 g/mol. The number of carbonyl (C=O) groups excluding carboxylic acids is 1. The van der Waals surface area contributed by atoms with Gasteiger partial charge in [0.15, 0.2) is 0 Å². The van der Waals surface area contributed by atoms with Crippen LogP contribution in [0.3, 0.4) is 0 Å². The van der Waals surface area contributed by atoms with Crippen LogP contribution < -0.4 is 15.8 Å². The van der Waals surface area contributed by atoms with Crippen LogP contribution in [0.25, 0.3) is 0 Å². The largest absolute Gasteiger partial charge is 0.494 e. The Bertz CT molecular complexity index is 662. The van der Waals surface area contributed by atoms with Crippen LogP contribution in [0, 0.1) is 5.92 Å². The lowest BCUT2D eigenvalue weighted by atomic mass is 9.84. The lowest BCUT2D eigenvalue weighted by molar-refractivity contribution is -0.192. The molecule has 1 aliphatic rings. The molecule has 0 radical (unpaired) electrons. The summed E-state index contributed by atoms with van der Waals surface area (Å²) in [7, 11) is 1.68. The molecule has 1 unspecified atom stereocenters. The third-order valence-electron chi connectivity index (χ3n) is 4.91. The molecule has 0 saturated heterocycles. The minimum atomic E-state index is -5.08. The first-order valence-electron chi connectivity index (χ1n) is 10.2. The van der Waals surface area contributed by atoms with Crippen molar-refractivity contribution in [1.29, 1.82) is 0 Å². The van der Waals surface area contributed by atoms with Gasteiger partial charge in [-0.3, -0.25) is 4.79 Å². The molecule has 4 N–H and O–H groups in total. The van der Waals surface area contributed by atoms with Crippen molar-refractivity contribution in [3.05, 3.63) is 29.8 Å². The van der Waals surface area contributed by atoms with E-state index in [-0.39, 0.29) is 11.9 Å². The molecule has 31 heavy (non-hydrogen) atoms. The third-order valence-corrected chi connectivity index (χ3v) is 4.91. The highest BCUT2D eigenvalue weighted by molar-refractivity contribution is 5.94. The van der Waals surface area contributed by atoms with Crippen LogP contribution in [-0.2, 0) is 9.53 Å². The molecule has 2 rings (SSSR count). The Hall–Kier alpha value is -2.33. The molecule has 0 bridgehead atoms. The molecule has 176 valence electrons. The fourth-order valence-corrected chi connectivity index (χ4v) is 3.25. The average molecular weight is 448 g/mol. The van der Waals surface area contributed by atoms with Crippen molar-refractivity contribution in [2.75, 3.05) is 26.9 Å². The fraction of sp³-hybridized carbons (Fsp3) is 0.619. The Morgan fingerprint density at radius 3 is 2.23 bits per heavy atom. The molecule has 1 atom stereocenters. The highest BCUT2D eigenvalue weighted by Gasteiger charge is 2.38. The average Bonchev–Trinajstić information content (AvgIpc) is 2.75. The topological polar surface area (TPSA) is 111 Å². The Balaban J connectivity index is 0.000000592. The molecule has 1 aromatic carbocycles. The number of methoxy groups -OCH3 is 1. The van der Waals surface area contributed by atoms with E-state index in [1.54, 1.807) is 19.2 Å². The van der Waals surface area contributed by atoms with Crippen LogP contribution in [0.5, 0.6) is 5.75 Å². The number of carboxylic acid groups (broad SMARTS) is 1. The lowest BCUT2D eigenvalue weighted by Gasteiger charge is -2.30. The minimum absolute atomic E-state index is 0.0537. The Morgan fingerprint density at radius 1 is 1.16 bits per heavy atom. The molecule has 7 nitrogen and oxygen atoms in total. The van der Waals surface area contributed by atoms with Gasteiger partial charge in [0.05, 0.1) is 6.61 Å². The molecule has 1 aromatic rings. The lowest BCUT2D eigenvalue weighted by Crippen LogP contribution is -2.45. The summed E-state index contributed by atoms with van der Waals surface area (Å²) in [5.41, 5.74) is 6.54. The van der Waals surface area contributed by atoms with E-state index in [2.05, 4.69) is 5.32 Å². The van der Waals surface area contributed by atoms with Crippen molar-refractivity contribution in [1.82, 2.24) is 5.32 Å². The molecule has 0 aromatic heterocycles. The molecule has 10 heteroatoms. The summed E-state index contributed by atoms with van der Waals surface area (Å²) in [5.74, 6) is -1.53. The molecule has 1 saturated carbocycles. The predicted molar refractivity (Wildman–Crippen MR) is 109 cm³/mol. The predicted octanol–water partition coefficient (Wildman–Crippen LogP) is 3.37. The smallest absolute Gasteiger partial charge is 0.490 e. The minimum Gasteiger partial charge on any atom is -0.494 e. The number of ether oxygens (including phenoxy) is 2. The summed E-state index contributed by atoms with van der Waals surface area (Å²) in [6.45, 7) is 1.79. The van der Waals surface area contributed by atoms with Crippen molar-refractivity contribution in [2.24, 2.45) is 11.7 Å². The third kappa shape index (κ3) is 10.5. The number of hydrogen-bond donors (Lipinski definition) is 3. The van der Waals surface area contributed by atoms with Gasteiger partial charge in [0.2, 0.25) is 0 Å². The van der Waals surface area contributed by atoms with Gasteiger partial charge in [-0.15, -0.1) is 0 Å². The van der Waals surface area contributed by atoms with Gasteiger partial charge >= 0.3 is 12.1 Å². The van der Waals surface area contributed by atoms with Gasteiger partial charge in [-0.2, -0.15) is 13.2 Å². The highest BCUT2D eigenvalue weighted by Crippen LogP contribution is 2.26. The van der Waals surface area contributed by atoms with Gasteiger partial charge in [0.1, 0.15) is 5.75 Å². The van der Waals surface area contributed by atoms with E-state index in [9.17, 15) is 18.0 Å². The SMILES string of the molecule is COCCCOc1ccc(C(=O)NC(CN)C2CCCCC2)cc1.O=C(O)C(F)(F)F. The van der Waals surface area contributed by atoms with E-state index in [1.165, 1.54) is 19.3 Å². The molecular formula is C21H31F3N2O5. The van der Waals surface area contributed by atoms with Gasteiger partial charge in [-0.25, -0.2) is 4.79 Å². The summed E-state index contributed by atoms with van der Waals surface area (Å²) in [6, 6.07) is 7.34. The molecule has 0 spiro atoms. The van der Waals surface area contributed by atoms with Gasteiger partial charge in [-0.05, 0) is 43.0 Å². The highest BCUT2D eigenvalue weighted by atomic mass is 19.4. The van der Waals surface area contributed by atoms with Crippen LogP contribution in [0.1, 0.15) is 48.9 Å². The zero-order valence-corrected chi connectivity index (χ0v) is 17.6. The summed E-state index contributed by atoms with van der Waals surface area (Å²) >= 11 is 0. The molecule has 1 amide bonds. The number of rotatable bonds is 9. The molecule has 1 aliphatic carbocycles. The van der Waals surface area contributed by atoms with Crippen LogP contribution >= 0.6 is 0 Å². The number of aliphatic carboxylic acids is 1. The second kappa shape index (κ2) is 13.9. The molecule has 0 aliphatic heterocycles. The van der Waals surface area contributed by atoms with Crippen molar-refractivity contribution >= 4 is 11.9 Å². The number of nitrogens with one attached hydrogen (secondary N) is 1. The van der Waals surface area contributed by atoms with Crippen molar-refractivity contribution < 1.29 is 37.3 Å². The number of nitrogens with two attached hydrogens (primary N) is 1. The molecule has 0 heterocycles. The first kappa shape index (κ1) is 26.7. The van der Waals surface area contributed by atoms with E-state index in [1.807, 2.05) is 12.1 Å². The van der Waals surface area contributed by atoms with Crippen LogP contribution in [0.15, 0.2) is 24.3 Å². The second-order valence-electron chi connectivity index (χ2n) is 7.24. The summed E-state index contributed by atoms with van der Waals surface area (Å²) < 4.78 is 42.3. The first-order valence-corrected chi connectivity index (χ1v) is 10.2. The maximum atomic E-state index is 12.4. The number of carbonyl (C=O) groups is 2. The number of hydrogen-bond acceptors (Lipinski definition) is 5. The summed E-state index contributed by atoms with van der Waals surface area (Å²) in [4.78, 5) is 21.3. The van der Waals surface area contributed by atoms with Gasteiger partial charge in [0.25, 0.3) is 5.91 Å². The number of benzene rings is 1. The normalized spacial score (nSPS) is 15.4. The van der Waals surface area contributed by atoms with Crippen molar-refractivity contribution in [3.8, 4) is 5.75 Å². The zero-order chi connectivity index (χ0) is 23.3. The van der Waals surface area contributed by atoms with Crippen LogP contribution in [0.2, 0.25) is 0 Å². The second-order valence-corrected chi connectivity index (χ2v) is 7.24. The van der Waals surface area contributed by atoms with E-state index in [0.29, 0.717) is 31.2 Å². The standard InChI is InChI=1S/C19H30N2O3.C2HF3O2/c1-23-12-5-13-24-17-10-8-16(9-11-17)19(22)21-18(14-20)15-6-3-2-4-7-15;3-2(4,5)1(6)7/h8-11,15,18H,2-7,12-14,20H2,1H3,(H,21,22);(H,6,7). The number of halogens is 3. The van der Waals surface area contributed by atoms with E-state index in [4.69, 9.17) is 25.1 Å². The number of carboxylic acids is 1. The number of alkyl halides is 3. The summed E-state index contributed by atoms with van der Waals surface area (Å²) in [6.07, 6.45) is 1.87. The van der Waals surface area contributed by atoms with Gasteiger partial charge in [0, 0.05) is 38.3 Å².